The van der Waals surface area contributed by atoms with Gasteiger partial charge in [0.2, 0.25) is 0 Å². The fourth-order valence-electron chi connectivity index (χ4n) is 2.56. The van der Waals surface area contributed by atoms with Crippen LogP contribution in [0, 0.1) is 6.92 Å². The smallest absolute Gasteiger partial charge is 0.157 e. The summed E-state index contributed by atoms with van der Waals surface area (Å²) in [6.07, 6.45) is 1.95. The highest BCUT2D eigenvalue weighted by molar-refractivity contribution is 5.50. The van der Waals surface area contributed by atoms with Crippen LogP contribution in [-0.2, 0) is 0 Å². The number of aliphatic hydroxyl groups is 1. The van der Waals surface area contributed by atoms with Gasteiger partial charge >= 0.3 is 0 Å². The monoisotopic (exact) mass is 296 g/mol. The molecule has 0 aliphatic carbocycles. The molecule has 5 nitrogen and oxygen atoms in total. The third-order valence-electron chi connectivity index (χ3n) is 3.78. The third kappa shape index (κ3) is 2.94. The van der Waals surface area contributed by atoms with E-state index in [4.69, 9.17) is 0 Å². The minimum atomic E-state index is -0.459. The molecule has 1 aromatic carbocycles. The van der Waals surface area contributed by atoms with E-state index >= 15 is 0 Å². The summed E-state index contributed by atoms with van der Waals surface area (Å²) in [5, 5.41) is 14.6. The lowest BCUT2D eigenvalue weighted by Gasteiger charge is -2.22. The zero-order valence-electron chi connectivity index (χ0n) is 12.8. The molecular weight excluding hydrogens is 276 g/mol. The average molecular weight is 296 g/mol. The SMILES string of the molecule is Cc1cc(N(C)CC[C@@H](O)c2ccccc2)n2nccc2n1. The van der Waals surface area contributed by atoms with Crippen LogP contribution in [0.15, 0.2) is 48.7 Å². The molecule has 114 valence electrons. The predicted octanol–water partition coefficient (Wildman–Crippen LogP) is 2.60. The van der Waals surface area contributed by atoms with E-state index in [0.717, 1.165) is 29.3 Å². The molecule has 2 heterocycles. The van der Waals surface area contributed by atoms with Crippen molar-refractivity contribution in [2.45, 2.75) is 19.4 Å². The van der Waals surface area contributed by atoms with Crippen molar-refractivity contribution in [3.8, 4) is 0 Å². The van der Waals surface area contributed by atoms with Crippen LogP contribution in [0.2, 0.25) is 0 Å². The first kappa shape index (κ1) is 14.5. The van der Waals surface area contributed by atoms with Gasteiger partial charge in [0.05, 0.1) is 12.3 Å². The number of fused-ring (bicyclic) bond motifs is 1. The molecule has 1 atom stereocenters. The molecule has 22 heavy (non-hydrogen) atoms. The minimum Gasteiger partial charge on any atom is -0.388 e. The molecule has 0 saturated carbocycles. The number of aryl methyl sites for hydroxylation is 1. The second-order valence-electron chi connectivity index (χ2n) is 5.49. The lowest BCUT2D eigenvalue weighted by atomic mass is 10.1. The van der Waals surface area contributed by atoms with Gasteiger partial charge in [0.15, 0.2) is 5.65 Å². The standard InChI is InChI=1S/C17H20N4O/c1-13-12-17(21-16(19-13)8-10-18-21)20(2)11-9-15(22)14-6-4-3-5-7-14/h3-8,10,12,15,22H,9,11H2,1-2H3/t15-/m1/s1. The fourth-order valence-corrected chi connectivity index (χ4v) is 2.56. The maximum absolute atomic E-state index is 10.3. The van der Waals surface area contributed by atoms with Crippen LogP contribution in [0.25, 0.3) is 5.65 Å². The summed E-state index contributed by atoms with van der Waals surface area (Å²) in [7, 11) is 2.01. The Hall–Kier alpha value is -2.40. The van der Waals surface area contributed by atoms with Crippen molar-refractivity contribution < 1.29 is 5.11 Å². The van der Waals surface area contributed by atoms with Crippen LogP contribution in [0.1, 0.15) is 23.8 Å². The molecule has 3 rings (SSSR count). The van der Waals surface area contributed by atoms with Crippen molar-refractivity contribution in [3.05, 3.63) is 59.9 Å². The molecule has 3 aromatic rings. The Morgan fingerprint density at radius 2 is 2.00 bits per heavy atom. The Kier molecular flexibility index (Phi) is 4.06. The van der Waals surface area contributed by atoms with Gasteiger partial charge < -0.3 is 10.0 Å². The van der Waals surface area contributed by atoms with E-state index in [1.54, 1.807) is 6.20 Å². The Labute approximate surface area is 129 Å². The number of nitrogens with zero attached hydrogens (tertiary/aromatic N) is 4. The Morgan fingerprint density at radius 1 is 1.23 bits per heavy atom. The highest BCUT2D eigenvalue weighted by Crippen LogP contribution is 2.20. The van der Waals surface area contributed by atoms with Crippen LogP contribution in [0.4, 0.5) is 5.82 Å². The van der Waals surface area contributed by atoms with Crippen LogP contribution in [0.3, 0.4) is 0 Å². The normalized spacial score (nSPS) is 12.5. The largest absolute Gasteiger partial charge is 0.388 e. The number of aromatic nitrogens is 3. The molecule has 0 saturated heterocycles. The first-order valence-corrected chi connectivity index (χ1v) is 7.40. The quantitative estimate of drug-likeness (QED) is 0.786. The summed E-state index contributed by atoms with van der Waals surface area (Å²) >= 11 is 0. The summed E-state index contributed by atoms with van der Waals surface area (Å²) in [4.78, 5) is 6.54. The van der Waals surface area contributed by atoms with Crippen LogP contribution in [-0.4, -0.2) is 33.3 Å². The topological polar surface area (TPSA) is 53.7 Å². The molecular formula is C17H20N4O. The fraction of sp³-hybridized carbons (Fsp3) is 0.294. The molecule has 0 bridgehead atoms. The van der Waals surface area contributed by atoms with Crippen LogP contribution < -0.4 is 4.90 Å². The number of hydrogen-bond acceptors (Lipinski definition) is 4. The van der Waals surface area contributed by atoms with Crippen LogP contribution in [0.5, 0.6) is 0 Å². The van der Waals surface area contributed by atoms with E-state index in [2.05, 4.69) is 15.0 Å². The Balaban J connectivity index is 1.74. The maximum Gasteiger partial charge on any atom is 0.157 e. The maximum atomic E-state index is 10.3. The van der Waals surface area contributed by atoms with Crippen molar-refractivity contribution in [1.82, 2.24) is 14.6 Å². The van der Waals surface area contributed by atoms with Gasteiger partial charge in [-0.3, -0.25) is 0 Å². The lowest BCUT2D eigenvalue weighted by molar-refractivity contribution is 0.169. The molecule has 1 N–H and O–H groups in total. The van der Waals surface area contributed by atoms with E-state index in [-0.39, 0.29) is 0 Å². The van der Waals surface area contributed by atoms with Crippen molar-refractivity contribution in [2.24, 2.45) is 0 Å². The summed E-state index contributed by atoms with van der Waals surface area (Å²) in [6.45, 7) is 2.71. The molecule has 0 fully saturated rings. The molecule has 2 aromatic heterocycles. The second-order valence-corrected chi connectivity index (χ2v) is 5.49. The van der Waals surface area contributed by atoms with E-state index in [0.29, 0.717) is 6.42 Å². The molecule has 0 aliphatic heterocycles. The van der Waals surface area contributed by atoms with E-state index < -0.39 is 6.10 Å². The number of rotatable bonds is 5. The highest BCUT2D eigenvalue weighted by Gasteiger charge is 2.12. The zero-order chi connectivity index (χ0) is 15.5. The molecule has 0 radical (unpaired) electrons. The summed E-state index contributed by atoms with van der Waals surface area (Å²) in [5.41, 5.74) is 2.75. The predicted molar refractivity (Wildman–Crippen MR) is 87.0 cm³/mol. The summed E-state index contributed by atoms with van der Waals surface area (Å²) < 4.78 is 1.82. The van der Waals surface area contributed by atoms with Gasteiger partial charge in [0.1, 0.15) is 5.82 Å². The zero-order valence-corrected chi connectivity index (χ0v) is 12.8. The molecule has 0 aliphatic rings. The number of benzene rings is 1. The first-order chi connectivity index (χ1) is 10.6. The molecule has 0 amide bonds. The minimum absolute atomic E-state index is 0.459. The van der Waals surface area contributed by atoms with Gasteiger partial charge in [-0.05, 0) is 18.9 Å². The van der Waals surface area contributed by atoms with E-state index in [1.165, 1.54) is 0 Å². The van der Waals surface area contributed by atoms with Gasteiger partial charge in [-0.1, -0.05) is 30.3 Å². The van der Waals surface area contributed by atoms with Crippen molar-refractivity contribution in [2.75, 3.05) is 18.5 Å². The van der Waals surface area contributed by atoms with Gasteiger partial charge in [0.25, 0.3) is 0 Å². The van der Waals surface area contributed by atoms with Crippen molar-refractivity contribution in [1.29, 1.82) is 0 Å². The third-order valence-corrected chi connectivity index (χ3v) is 3.78. The number of anilines is 1. The van der Waals surface area contributed by atoms with Crippen molar-refractivity contribution >= 4 is 11.5 Å². The average Bonchev–Trinajstić information content (AvgIpc) is 3.00. The number of aliphatic hydroxyl groups excluding tert-OH is 1. The van der Waals surface area contributed by atoms with Gasteiger partial charge in [-0.2, -0.15) is 9.61 Å². The second kappa shape index (κ2) is 6.15. The van der Waals surface area contributed by atoms with E-state index in [9.17, 15) is 5.11 Å². The first-order valence-electron chi connectivity index (χ1n) is 7.40. The van der Waals surface area contributed by atoms with Crippen molar-refractivity contribution in [3.63, 3.8) is 0 Å². The molecule has 0 spiro atoms. The van der Waals surface area contributed by atoms with Crippen LogP contribution >= 0.6 is 0 Å². The molecule has 5 heteroatoms. The highest BCUT2D eigenvalue weighted by atomic mass is 16.3. The van der Waals surface area contributed by atoms with E-state index in [1.807, 2.05) is 61.0 Å². The lowest BCUT2D eigenvalue weighted by Crippen LogP contribution is -2.23. The summed E-state index contributed by atoms with van der Waals surface area (Å²) in [5.74, 6) is 0.979. The Bertz CT molecular complexity index is 754. The number of hydrogen-bond donors (Lipinski definition) is 1. The Morgan fingerprint density at radius 3 is 2.77 bits per heavy atom. The molecule has 0 unspecified atom stereocenters. The van der Waals surface area contributed by atoms with Gasteiger partial charge in [0, 0.05) is 31.4 Å². The summed E-state index contributed by atoms with van der Waals surface area (Å²) in [6, 6.07) is 13.7. The van der Waals surface area contributed by atoms with Gasteiger partial charge in [-0.25, -0.2) is 4.98 Å². The van der Waals surface area contributed by atoms with Gasteiger partial charge in [-0.15, -0.1) is 0 Å².